The van der Waals surface area contributed by atoms with Crippen LogP contribution in [0.25, 0.3) is 22.6 Å². The molecule has 0 bridgehead atoms. The van der Waals surface area contributed by atoms with Crippen LogP contribution in [-0.4, -0.2) is 25.7 Å². The lowest BCUT2D eigenvalue weighted by Crippen LogP contribution is -2.20. The Balaban J connectivity index is 2.02. The summed E-state index contributed by atoms with van der Waals surface area (Å²) in [5.74, 6) is -0.0576. The Labute approximate surface area is 144 Å². The van der Waals surface area contributed by atoms with Gasteiger partial charge in [0.2, 0.25) is 5.91 Å². The first-order valence-corrected chi connectivity index (χ1v) is 7.58. The summed E-state index contributed by atoms with van der Waals surface area (Å²) in [6, 6.07) is 7.92. The van der Waals surface area contributed by atoms with Gasteiger partial charge in [-0.1, -0.05) is 6.58 Å². The molecule has 0 spiro atoms. The fraction of sp³-hybridized carbons (Fsp3) is 0.111. The molecule has 0 saturated carbocycles. The van der Waals surface area contributed by atoms with Gasteiger partial charge in [0, 0.05) is 36.5 Å². The van der Waals surface area contributed by atoms with Gasteiger partial charge in [0.15, 0.2) is 5.82 Å². The van der Waals surface area contributed by atoms with Crippen molar-refractivity contribution in [2.24, 2.45) is 7.05 Å². The Bertz CT molecular complexity index is 917. The lowest BCUT2D eigenvalue weighted by atomic mass is 10.0. The predicted molar refractivity (Wildman–Crippen MR) is 91.7 cm³/mol. The number of amides is 1. The van der Waals surface area contributed by atoms with Gasteiger partial charge in [-0.15, -0.1) is 0 Å². The maximum absolute atomic E-state index is 13.1. The van der Waals surface area contributed by atoms with E-state index in [1.165, 1.54) is 18.2 Å². The summed E-state index contributed by atoms with van der Waals surface area (Å²) in [5.41, 5.74) is 2.97. The molecule has 0 aliphatic rings. The Morgan fingerprint density at radius 1 is 1.32 bits per heavy atom. The summed E-state index contributed by atoms with van der Waals surface area (Å²) in [4.78, 5) is 20.1. The maximum atomic E-state index is 13.1. The zero-order valence-electron chi connectivity index (χ0n) is 13.6. The smallest absolute Gasteiger partial charge is 0.243 e. The van der Waals surface area contributed by atoms with Crippen molar-refractivity contribution in [3.8, 4) is 22.6 Å². The number of aromatic nitrogens is 4. The van der Waals surface area contributed by atoms with Crippen molar-refractivity contribution in [2.45, 2.75) is 6.54 Å². The zero-order chi connectivity index (χ0) is 17.8. The molecule has 126 valence electrons. The predicted octanol–water partition coefficient (Wildman–Crippen LogP) is 2.49. The third-order valence-electron chi connectivity index (χ3n) is 3.61. The van der Waals surface area contributed by atoms with E-state index in [9.17, 15) is 9.18 Å². The Kier molecular flexibility index (Phi) is 4.65. The molecule has 3 rings (SSSR count). The number of rotatable bonds is 5. The lowest BCUT2D eigenvalue weighted by Gasteiger charge is -2.10. The van der Waals surface area contributed by atoms with Gasteiger partial charge in [-0.2, -0.15) is 5.10 Å². The SMILES string of the molecule is C=CC(=O)NCc1cnc(-c2ccc(F)cc2)cc1-c1ncn(C)n1. The molecule has 7 heteroatoms. The van der Waals surface area contributed by atoms with Crippen LogP contribution >= 0.6 is 0 Å². The molecule has 3 aromatic rings. The van der Waals surface area contributed by atoms with E-state index in [-0.39, 0.29) is 18.3 Å². The molecule has 6 nitrogen and oxygen atoms in total. The second-order valence-corrected chi connectivity index (χ2v) is 5.40. The second-order valence-electron chi connectivity index (χ2n) is 5.40. The Hall–Kier alpha value is -3.35. The summed E-state index contributed by atoms with van der Waals surface area (Å²) >= 11 is 0. The van der Waals surface area contributed by atoms with Crippen molar-refractivity contribution < 1.29 is 9.18 Å². The summed E-state index contributed by atoms with van der Waals surface area (Å²) in [5, 5.41) is 7.05. The van der Waals surface area contributed by atoms with Crippen LogP contribution in [0.1, 0.15) is 5.56 Å². The van der Waals surface area contributed by atoms with Crippen molar-refractivity contribution >= 4 is 5.91 Å². The topological polar surface area (TPSA) is 72.7 Å². The van der Waals surface area contributed by atoms with Crippen LogP contribution in [0.3, 0.4) is 0 Å². The van der Waals surface area contributed by atoms with E-state index in [0.29, 0.717) is 11.5 Å². The third-order valence-corrected chi connectivity index (χ3v) is 3.61. The number of pyridine rings is 1. The Morgan fingerprint density at radius 2 is 2.08 bits per heavy atom. The maximum Gasteiger partial charge on any atom is 0.243 e. The molecule has 1 amide bonds. The highest BCUT2D eigenvalue weighted by Crippen LogP contribution is 2.26. The van der Waals surface area contributed by atoms with Gasteiger partial charge in [0.1, 0.15) is 12.1 Å². The van der Waals surface area contributed by atoms with Crippen LogP contribution in [0.2, 0.25) is 0 Å². The standard InChI is InChI=1S/C18H16FN5O/c1-3-17(25)21-10-13-9-20-16(12-4-6-14(19)7-5-12)8-15(13)18-22-11-24(2)23-18/h3-9,11H,1,10H2,2H3,(H,21,25). The van der Waals surface area contributed by atoms with Gasteiger partial charge in [-0.25, -0.2) is 9.37 Å². The van der Waals surface area contributed by atoms with Gasteiger partial charge in [0.25, 0.3) is 0 Å². The van der Waals surface area contributed by atoms with Crippen molar-refractivity contribution in [3.05, 3.63) is 66.9 Å². The molecule has 0 radical (unpaired) electrons. The minimum Gasteiger partial charge on any atom is -0.348 e. The number of nitrogens with zero attached hydrogens (tertiary/aromatic N) is 4. The molecule has 25 heavy (non-hydrogen) atoms. The van der Waals surface area contributed by atoms with Gasteiger partial charge in [-0.3, -0.25) is 14.5 Å². The molecule has 0 atom stereocenters. The summed E-state index contributed by atoms with van der Waals surface area (Å²) in [6.45, 7) is 3.70. The first kappa shape index (κ1) is 16.5. The second kappa shape index (κ2) is 7.04. The first-order valence-electron chi connectivity index (χ1n) is 7.58. The number of benzene rings is 1. The summed E-state index contributed by atoms with van der Waals surface area (Å²) in [7, 11) is 1.78. The van der Waals surface area contributed by atoms with Gasteiger partial charge in [0.05, 0.1) is 5.69 Å². The fourth-order valence-electron chi connectivity index (χ4n) is 2.33. The zero-order valence-corrected chi connectivity index (χ0v) is 13.6. The number of carbonyl (C=O) groups is 1. The highest BCUT2D eigenvalue weighted by molar-refractivity contribution is 5.87. The van der Waals surface area contributed by atoms with Crippen molar-refractivity contribution in [1.82, 2.24) is 25.1 Å². The molecule has 2 heterocycles. The molecule has 2 aromatic heterocycles. The van der Waals surface area contributed by atoms with Crippen LogP contribution < -0.4 is 5.32 Å². The van der Waals surface area contributed by atoms with Crippen LogP contribution in [-0.2, 0) is 18.4 Å². The molecule has 0 unspecified atom stereocenters. The van der Waals surface area contributed by atoms with E-state index in [4.69, 9.17) is 0 Å². The van der Waals surface area contributed by atoms with E-state index < -0.39 is 0 Å². The van der Waals surface area contributed by atoms with E-state index in [2.05, 4.69) is 27.0 Å². The van der Waals surface area contributed by atoms with Gasteiger partial charge in [-0.05, 0) is 36.4 Å². The average Bonchev–Trinajstić information content (AvgIpc) is 3.06. The molecular formula is C18H16FN5O. The number of hydrogen-bond acceptors (Lipinski definition) is 4. The Morgan fingerprint density at radius 3 is 2.72 bits per heavy atom. The first-order chi connectivity index (χ1) is 12.1. The quantitative estimate of drug-likeness (QED) is 0.726. The minimum absolute atomic E-state index is 0.273. The lowest BCUT2D eigenvalue weighted by molar-refractivity contribution is -0.116. The molecule has 0 aliphatic carbocycles. The van der Waals surface area contributed by atoms with E-state index in [1.807, 2.05) is 6.07 Å². The van der Waals surface area contributed by atoms with E-state index in [1.54, 1.807) is 36.4 Å². The number of hydrogen-bond donors (Lipinski definition) is 1. The number of aryl methyl sites for hydroxylation is 1. The van der Waals surface area contributed by atoms with E-state index in [0.717, 1.165) is 16.7 Å². The van der Waals surface area contributed by atoms with Gasteiger partial charge >= 0.3 is 0 Å². The van der Waals surface area contributed by atoms with Crippen molar-refractivity contribution in [2.75, 3.05) is 0 Å². The van der Waals surface area contributed by atoms with Crippen molar-refractivity contribution in [3.63, 3.8) is 0 Å². The number of halogens is 1. The molecule has 0 fully saturated rings. The fourth-order valence-corrected chi connectivity index (χ4v) is 2.33. The highest BCUT2D eigenvalue weighted by atomic mass is 19.1. The molecule has 0 saturated heterocycles. The summed E-state index contributed by atoms with van der Waals surface area (Å²) in [6.07, 6.45) is 4.46. The highest BCUT2D eigenvalue weighted by Gasteiger charge is 2.13. The largest absolute Gasteiger partial charge is 0.348 e. The molecular weight excluding hydrogens is 321 g/mol. The van der Waals surface area contributed by atoms with Crippen LogP contribution in [0.5, 0.6) is 0 Å². The summed E-state index contributed by atoms with van der Waals surface area (Å²) < 4.78 is 14.7. The monoisotopic (exact) mass is 337 g/mol. The third kappa shape index (κ3) is 3.77. The minimum atomic E-state index is -0.306. The molecule has 1 aromatic carbocycles. The van der Waals surface area contributed by atoms with E-state index >= 15 is 0 Å². The number of carbonyl (C=O) groups excluding carboxylic acids is 1. The van der Waals surface area contributed by atoms with Crippen LogP contribution in [0, 0.1) is 5.82 Å². The molecule has 0 aliphatic heterocycles. The van der Waals surface area contributed by atoms with Crippen LogP contribution in [0.4, 0.5) is 4.39 Å². The van der Waals surface area contributed by atoms with Crippen LogP contribution in [0.15, 0.2) is 55.5 Å². The average molecular weight is 337 g/mol. The molecule has 1 N–H and O–H groups in total. The van der Waals surface area contributed by atoms with Gasteiger partial charge < -0.3 is 5.32 Å². The normalized spacial score (nSPS) is 10.5. The number of nitrogens with one attached hydrogen (secondary N) is 1. The van der Waals surface area contributed by atoms with Crippen molar-refractivity contribution in [1.29, 1.82) is 0 Å².